The number of hydrogen-bond donors (Lipinski definition) is 1. The van der Waals surface area contributed by atoms with Crippen LogP contribution in [0.1, 0.15) is 30.9 Å². The number of halogens is 1. The maximum Gasteiger partial charge on any atom is 0.216 e. The number of nitrogens with one attached hydrogen (secondary N) is 1. The summed E-state index contributed by atoms with van der Waals surface area (Å²) in [6.45, 7) is 7.02. The summed E-state index contributed by atoms with van der Waals surface area (Å²) in [5.74, 6) is 0.203. The molecule has 162 valence electrons. The molecule has 2 heterocycles. The summed E-state index contributed by atoms with van der Waals surface area (Å²) in [6.07, 6.45) is 4.29. The summed E-state index contributed by atoms with van der Waals surface area (Å²) >= 11 is 0. The van der Waals surface area contributed by atoms with Crippen molar-refractivity contribution in [3.05, 3.63) is 71.7 Å². The molecular formula is C25H29FN4O. The maximum atomic E-state index is 13.9. The van der Waals surface area contributed by atoms with Gasteiger partial charge in [-0.25, -0.2) is 9.07 Å². The topological polar surface area (TPSA) is 50.2 Å². The molecule has 4 rings (SSSR count). The van der Waals surface area contributed by atoms with Crippen LogP contribution in [0, 0.1) is 18.7 Å². The van der Waals surface area contributed by atoms with Crippen LogP contribution >= 0.6 is 0 Å². The standard InChI is InChI=1S/C25H29FN4O/c1-18-6-3-10-24(12-18)30-17-22(25(28-30)21-8-4-9-23(26)13-21)16-29-11-5-7-20(15-29)14-27-19(2)31/h3-4,6,8-10,12-13,17,20H,5,7,11,14-16H2,1-2H3,(H,27,31). The molecule has 0 radical (unpaired) electrons. The van der Waals surface area contributed by atoms with Crippen molar-refractivity contribution in [2.75, 3.05) is 19.6 Å². The van der Waals surface area contributed by atoms with E-state index in [2.05, 4.69) is 35.5 Å². The van der Waals surface area contributed by atoms with Crippen LogP contribution in [0.15, 0.2) is 54.7 Å². The molecule has 0 aliphatic carbocycles. The SMILES string of the molecule is CC(=O)NCC1CCCN(Cc2cn(-c3cccc(C)c3)nc2-c2cccc(F)c2)C1. The van der Waals surface area contributed by atoms with E-state index in [9.17, 15) is 9.18 Å². The van der Waals surface area contributed by atoms with Crippen molar-refractivity contribution in [2.24, 2.45) is 5.92 Å². The molecule has 0 bridgehead atoms. The van der Waals surface area contributed by atoms with E-state index < -0.39 is 0 Å². The molecule has 1 saturated heterocycles. The predicted molar refractivity (Wildman–Crippen MR) is 120 cm³/mol. The molecule has 31 heavy (non-hydrogen) atoms. The van der Waals surface area contributed by atoms with Gasteiger partial charge in [0, 0.05) is 43.9 Å². The molecule has 1 unspecified atom stereocenters. The summed E-state index contributed by atoms with van der Waals surface area (Å²) in [5.41, 5.74) is 4.83. The highest BCUT2D eigenvalue weighted by atomic mass is 19.1. The molecule has 6 heteroatoms. The van der Waals surface area contributed by atoms with Gasteiger partial charge in [-0.1, -0.05) is 24.3 Å². The molecule has 1 amide bonds. The minimum Gasteiger partial charge on any atom is -0.356 e. The zero-order valence-corrected chi connectivity index (χ0v) is 18.1. The average Bonchev–Trinajstić information content (AvgIpc) is 3.16. The molecule has 1 aliphatic rings. The maximum absolute atomic E-state index is 13.9. The van der Waals surface area contributed by atoms with Crippen molar-refractivity contribution in [1.29, 1.82) is 0 Å². The van der Waals surface area contributed by atoms with Gasteiger partial charge in [0.2, 0.25) is 5.91 Å². The van der Waals surface area contributed by atoms with Gasteiger partial charge in [-0.3, -0.25) is 9.69 Å². The largest absolute Gasteiger partial charge is 0.356 e. The van der Waals surface area contributed by atoms with Gasteiger partial charge in [-0.05, 0) is 62.1 Å². The lowest BCUT2D eigenvalue weighted by molar-refractivity contribution is -0.119. The monoisotopic (exact) mass is 420 g/mol. The Labute approximate surface area is 182 Å². The molecule has 1 aliphatic heterocycles. The Bertz CT molecular complexity index is 1060. The van der Waals surface area contributed by atoms with Crippen molar-refractivity contribution >= 4 is 5.91 Å². The van der Waals surface area contributed by atoms with Crippen LogP contribution in [0.4, 0.5) is 4.39 Å². The van der Waals surface area contributed by atoms with E-state index in [0.717, 1.165) is 55.0 Å². The first kappa shape index (κ1) is 21.2. The number of benzene rings is 2. The predicted octanol–water partition coefficient (Wildman–Crippen LogP) is 4.33. The van der Waals surface area contributed by atoms with Gasteiger partial charge in [-0.15, -0.1) is 0 Å². The van der Waals surface area contributed by atoms with Crippen molar-refractivity contribution in [2.45, 2.75) is 33.2 Å². The fraction of sp³-hybridized carbons (Fsp3) is 0.360. The highest BCUT2D eigenvalue weighted by Crippen LogP contribution is 2.27. The highest BCUT2D eigenvalue weighted by molar-refractivity contribution is 5.72. The van der Waals surface area contributed by atoms with E-state index >= 15 is 0 Å². The minimum atomic E-state index is -0.262. The van der Waals surface area contributed by atoms with Crippen molar-refractivity contribution < 1.29 is 9.18 Å². The first-order valence-corrected chi connectivity index (χ1v) is 10.9. The van der Waals surface area contributed by atoms with E-state index in [1.54, 1.807) is 19.1 Å². The Balaban J connectivity index is 1.61. The number of likely N-dealkylation sites (tertiary alicyclic amines) is 1. The van der Waals surface area contributed by atoms with E-state index in [1.165, 1.54) is 11.6 Å². The number of nitrogens with zero attached hydrogens (tertiary/aromatic N) is 3. The Morgan fingerprint density at radius 3 is 2.84 bits per heavy atom. The zero-order chi connectivity index (χ0) is 21.8. The highest BCUT2D eigenvalue weighted by Gasteiger charge is 2.22. The summed E-state index contributed by atoms with van der Waals surface area (Å²) in [7, 11) is 0. The van der Waals surface area contributed by atoms with Gasteiger partial charge in [0.15, 0.2) is 0 Å². The summed E-state index contributed by atoms with van der Waals surface area (Å²) < 4.78 is 15.8. The van der Waals surface area contributed by atoms with Crippen LogP contribution in [0.5, 0.6) is 0 Å². The van der Waals surface area contributed by atoms with E-state index in [1.807, 2.05) is 22.9 Å². The van der Waals surface area contributed by atoms with Gasteiger partial charge in [-0.2, -0.15) is 5.10 Å². The number of carbonyl (C=O) groups excluding carboxylic acids is 1. The fourth-order valence-electron chi connectivity index (χ4n) is 4.30. The number of aryl methyl sites for hydroxylation is 1. The third-order valence-electron chi connectivity index (χ3n) is 5.79. The molecule has 2 aromatic carbocycles. The Kier molecular flexibility index (Phi) is 6.47. The first-order chi connectivity index (χ1) is 15.0. The van der Waals surface area contributed by atoms with Crippen molar-refractivity contribution in [3.8, 4) is 16.9 Å². The molecule has 5 nitrogen and oxygen atoms in total. The molecule has 3 aromatic rings. The summed E-state index contributed by atoms with van der Waals surface area (Å²) in [5, 5.41) is 7.79. The second-order valence-electron chi connectivity index (χ2n) is 8.48. The zero-order valence-electron chi connectivity index (χ0n) is 18.1. The summed E-state index contributed by atoms with van der Waals surface area (Å²) in [4.78, 5) is 13.7. The minimum absolute atomic E-state index is 0.0185. The lowest BCUT2D eigenvalue weighted by atomic mass is 9.97. The van der Waals surface area contributed by atoms with Crippen LogP contribution in [0.25, 0.3) is 16.9 Å². The van der Waals surface area contributed by atoms with Gasteiger partial charge >= 0.3 is 0 Å². The van der Waals surface area contributed by atoms with Crippen LogP contribution < -0.4 is 5.32 Å². The number of piperidine rings is 1. The van der Waals surface area contributed by atoms with Crippen LogP contribution in [0.3, 0.4) is 0 Å². The number of aromatic nitrogens is 2. The van der Waals surface area contributed by atoms with Gasteiger partial charge in [0.05, 0.1) is 11.4 Å². The Morgan fingerprint density at radius 1 is 1.23 bits per heavy atom. The van der Waals surface area contributed by atoms with Crippen LogP contribution in [0.2, 0.25) is 0 Å². The Morgan fingerprint density at radius 2 is 2.06 bits per heavy atom. The van der Waals surface area contributed by atoms with E-state index in [4.69, 9.17) is 5.10 Å². The second-order valence-corrected chi connectivity index (χ2v) is 8.48. The van der Waals surface area contributed by atoms with E-state index in [0.29, 0.717) is 12.5 Å². The third kappa shape index (κ3) is 5.39. The van der Waals surface area contributed by atoms with Gasteiger partial charge in [0.25, 0.3) is 0 Å². The van der Waals surface area contributed by atoms with E-state index in [-0.39, 0.29) is 11.7 Å². The first-order valence-electron chi connectivity index (χ1n) is 10.9. The summed E-state index contributed by atoms with van der Waals surface area (Å²) in [6, 6.07) is 14.8. The lowest BCUT2D eigenvalue weighted by Crippen LogP contribution is -2.40. The number of amides is 1. The quantitative estimate of drug-likeness (QED) is 0.646. The van der Waals surface area contributed by atoms with Crippen LogP contribution in [-0.4, -0.2) is 40.2 Å². The van der Waals surface area contributed by atoms with Crippen molar-refractivity contribution in [1.82, 2.24) is 20.0 Å². The molecule has 1 aromatic heterocycles. The lowest BCUT2D eigenvalue weighted by Gasteiger charge is -2.32. The molecular weight excluding hydrogens is 391 g/mol. The number of carbonyl (C=O) groups is 1. The van der Waals surface area contributed by atoms with Crippen molar-refractivity contribution in [3.63, 3.8) is 0 Å². The molecule has 1 atom stereocenters. The Hall–Kier alpha value is -2.99. The smallest absolute Gasteiger partial charge is 0.216 e. The molecule has 1 N–H and O–H groups in total. The van der Waals surface area contributed by atoms with Crippen LogP contribution in [-0.2, 0) is 11.3 Å². The second kappa shape index (κ2) is 9.43. The average molecular weight is 421 g/mol. The van der Waals surface area contributed by atoms with Gasteiger partial charge < -0.3 is 5.32 Å². The number of rotatable bonds is 6. The molecule has 0 saturated carbocycles. The van der Waals surface area contributed by atoms with Gasteiger partial charge in [0.1, 0.15) is 5.82 Å². The fourth-order valence-corrected chi connectivity index (χ4v) is 4.30. The molecule has 1 fully saturated rings. The third-order valence-corrected chi connectivity index (χ3v) is 5.79. The molecule has 0 spiro atoms. The normalized spacial score (nSPS) is 16.9. The number of hydrogen-bond acceptors (Lipinski definition) is 3.